The van der Waals surface area contributed by atoms with Gasteiger partial charge >= 0.3 is 6.09 Å². The van der Waals surface area contributed by atoms with Gasteiger partial charge in [0.05, 0.1) is 6.61 Å². The summed E-state index contributed by atoms with van der Waals surface area (Å²) >= 11 is 0. The Morgan fingerprint density at radius 3 is 2.65 bits per heavy atom. The lowest BCUT2D eigenvalue weighted by Gasteiger charge is -2.34. The monoisotopic (exact) mass is 280 g/mol. The molecule has 7 heteroatoms. The third kappa shape index (κ3) is 3.28. The molecule has 0 aromatic carbocycles. The minimum atomic E-state index is -0.278. The van der Waals surface area contributed by atoms with Gasteiger partial charge < -0.3 is 19.5 Å². The Kier molecular flexibility index (Phi) is 4.60. The van der Waals surface area contributed by atoms with E-state index in [0.717, 1.165) is 0 Å². The van der Waals surface area contributed by atoms with E-state index in [4.69, 9.17) is 4.74 Å². The number of aromatic amines is 1. The molecule has 1 saturated heterocycles. The maximum atomic E-state index is 11.6. The molecule has 0 atom stereocenters. The highest BCUT2D eigenvalue weighted by Crippen LogP contribution is 2.12. The lowest BCUT2D eigenvalue weighted by molar-refractivity contribution is 0.105. The van der Waals surface area contributed by atoms with Crippen molar-refractivity contribution in [1.82, 2.24) is 14.9 Å². The molecular weight excluding hydrogens is 260 g/mol. The Morgan fingerprint density at radius 1 is 1.35 bits per heavy atom. The van der Waals surface area contributed by atoms with Crippen LogP contribution in [0, 0.1) is 0 Å². The number of amides is 1. The molecule has 0 radical (unpaired) electrons. The third-order valence-electron chi connectivity index (χ3n) is 3.24. The lowest BCUT2D eigenvalue weighted by Crippen LogP contribution is -2.49. The molecule has 2 heterocycles. The predicted octanol–water partition coefficient (Wildman–Crippen LogP) is 0.611. The molecule has 20 heavy (non-hydrogen) atoms. The first-order chi connectivity index (χ1) is 9.63. The lowest BCUT2D eigenvalue weighted by atomic mass is 10.3. The van der Waals surface area contributed by atoms with Gasteiger partial charge in [-0.3, -0.25) is 4.79 Å². The summed E-state index contributed by atoms with van der Waals surface area (Å²) in [6, 6.07) is 1.50. The summed E-state index contributed by atoms with van der Waals surface area (Å²) in [5, 5.41) is 0. The van der Waals surface area contributed by atoms with Gasteiger partial charge in [0.1, 0.15) is 11.6 Å². The van der Waals surface area contributed by atoms with Crippen LogP contribution in [0.25, 0.3) is 0 Å². The number of hydrogen-bond acceptors (Lipinski definition) is 5. The summed E-state index contributed by atoms with van der Waals surface area (Å²) in [4.78, 5) is 34.0. The van der Waals surface area contributed by atoms with Crippen LogP contribution in [0.15, 0.2) is 10.9 Å². The number of hydrogen-bond donors (Lipinski definition) is 1. The number of rotatable bonds is 3. The largest absolute Gasteiger partial charge is 0.450 e. The van der Waals surface area contributed by atoms with Gasteiger partial charge in [-0.2, -0.15) is 0 Å². The van der Waals surface area contributed by atoms with Crippen LogP contribution in [0.4, 0.5) is 10.6 Å². The second kappa shape index (κ2) is 6.40. The van der Waals surface area contributed by atoms with E-state index in [1.54, 1.807) is 11.8 Å². The van der Waals surface area contributed by atoms with E-state index in [1.807, 2.05) is 11.8 Å². The Morgan fingerprint density at radius 2 is 2.05 bits per heavy atom. The van der Waals surface area contributed by atoms with E-state index >= 15 is 0 Å². The molecule has 2 rings (SSSR count). The smallest absolute Gasteiger partial charge is 0.409 e. The molecule has 1 N–H and O–H groups in total. The number of aryl methyl sites for hydroxylation is 1. The SMILES string of the molecule is CCOC(=O)N1CCN(c2cc(=O)[nH]c(CC)n2)CC1. The van der Waals surface area contributed by atoms with E-state index in [2.05, 4.69) is 9.97 Å². The maximum Gasteiger partial charge on any atom is 0.409 e. The highest BCUT2D eigenvalue weighted by molar-refractivity contribution is 5.68. The fourth-order valence-electron chi connectivity index (χ4n) is 2.16. The van der Waals surface area contributed by atoms with Crippen LogP contribution in [0.1, 0.15) is 19.7 Å². The van der Waals surface area contributed by atoms with Crippen LogP contribution >= 0.6 is 0 Å². The standard InChI is InChI=1S/C13H20N4O3/c1-3-10-14-11(9-12(18)15-10)16-5-7-17(8-6-16)13(19)20-4-2/h9H,3-8H2,1-2H3,(H,14,15,18). The van der Waals surface area contributed by atoms with Gasteiger partial charge in [-0.25, -0.2) is 9.78 Å². The topological polar surface area (TPSA) is 78.5 Å². The van der Waals surface area contributed by atoms with Crippen molar-refractivity contribution in [3.63, 3.8) is 0 Å². The number of nitrogens with zero attached hydrogens (tertiary/aromatic N) is 3. The fraction of sp³-hybridized carbons (Fsp3) is 0.615. The molecule has 0 spiro atoms. The molecule has 7 nitrogen and oxygen atoms in total. The number of carbonyl (C=O) groups is 1. The number of H-pyrrole nitrogens is 1. The van der Waals surface area contributed by atoms with Crippen LogP contribution in [0.5, 0.6) is 0 Å². The van der Waals surface area contributed by atoms with Crippen molar-refractivity contribution in [2.75, 3.05) is 37.7 Å². The Balaban J connectivity index is 2.02. The maximum absolute atomic E-state index is 11.6. The summed E-state index contributed by atoms with van der Waals surface area (Å²) in [5.74, 6) is 1.36. The van der Waals surface area contributed by atoms with Crippen molar-refractivity contribution in [3.8, 4) is 0 Å². The number of nitrogens with one attached hydrogen (secondary N) is 1. The molecule has 0 bridgehead atoms. The van der Waals surface area contributed by atoms with Gasteiger partial charge in [0, 0.05) is 38.7 Å². The number of piperazine rings is 1. The van der Waals surface area contributed by atoms with E-state index in [9.17, 15) is 9.59 Å². The molecule has 110 valence electrons. The van der Waals surface area contributed by atoms with Gasteiger partial charge in [0.25, 0.3) is 5.56 Å². The normalized spacial score (nSPS) is 15.3. The minimum absolute atomic E-state index is 0.139. The third-order valence-corrected chi connectivity index (χ3v) is 3.24. The van der Waals surface area contributed by atoms with Gasteiger partial charge in [0.2, 0.25) is 0 Å². The second-order valence-corrected chi connectivity index (χ2v) is 4.58. The zero-order valence-electron chi connectivity index (χ0n) is 11.9. The first-order valence-electron chi connectivity index (χ1n) is 6.91. The zero-order valence-corrected chi connectivity index (χ0v) is 11.9. The van der Waals surface area contributed by atoms with Gasteiger partial charge in [-0.1, -0.05) is 6.92 Å². The van der Waals surface area contributed by atoms with Crippen molar-refractivity contribution in [2.24, 2.45) is 0 Å². The number of carbonyl (C=O) groups excluding carboxylic acids is 1. The molecule has 0 unspecified atom stereocenters. The summed E-state index contributed by atoms with van der Waals surface area (Å²) in [6.45, 7) is 6.58. The van der Waals surface area contributed by atoms with Crippen molar-refractivity contribution in [1.29, 1.82) is 0 Å². The second-order valence-electron chi connectivity index (χ2n) is 4.58. The molecule has 1 aromatic heterocycles. The van der Waals surface area contributed by atoms with Crippen LogP contribution in [-0.4, -0.2) is 53.7 Å². The number of ether oxygens (including phenoxy) is 1. The van der Waals surface area contributed by atoms with Crippen molar-refractivity contribution in [2.45, 2.75) is 20.3 Å². The minimum Gasteiger partial charge on any atom is -0.450 e. The number of aromatic nitrogens is 2. The Hall–Kier alpha value is -2.05. The first kappa shape index (κ1) is 14.4. The molecule has 1 aliphatic rings. The van der Waals surface area contributed by atoms with E-state index in [-0.39, 0.29) is 11.7 Å². The van der Waals surface area contributed by atoms with E-state index < -0.39 is 0 Å². The van der Waals surface area contributed by atoms with Gasteiger partial charge in [0.15, 0.2) is 0 Å². The Labute approximate surface area is 117 Å². The zero-order chi connectivity index (χ0) is 14.5. The van der Waals surface area contributed by atoms with Crippen LogP contribution < -0.4 is 10.5 Å². The average Bonchev–Trinajstić information content (AvgIpc) is 2.47. The summed E-state index contributed by atoms with van der Waals surface area (Å²) in [6.07, 6.45) is 0.409. The van der Waals surface area contributed by atoms with E-state index in [1.165, 1.54) is 6.07 Å². The van der Waals surface area contributed by atoms with Gasteiger partial charge in [-0.05, 0) is 6.92 Å². The molecule has 0 aliphatic carbocycles. The molecular formula is C13H20N4O3. The Bertz CT molecular complexity index is 521. The van der Waals surface area contributed by atoms with Gasteiger partial charge in [-0.15, -0.1) is 0 Å². The quantitative estimate of drug-likeness (QED) is 0.877. The molecule has 1 aromatic rings. The summed E-state index contributed by atoms with van der Waals surface area (Å²) in [5.41, 5.74) is -0.139. The van der Waals surface area contributed by atoms with Crippen LogP contribution in [-0.2, 0) is 11.2 Å². The highest BCUT2D eigenvalue weighted by atomic mass is 16.6. The van der Waals surface area contributed by atoms with Crippen LogP contribution in [0.3, 0.4) is 0 Å². The average molecular weight is 280 g/mol. The molecule has 0 saturated carbocycles. The van der Waals surface area contributed by atoms with Crippen molar-refractivity contribution >= 4 is 11.9 Å². The molecule has 1 aliphatic heterocycles. The molecule has 1 fully saturated rings. The summed E-state index contributed by atoms with van der Waals surface area (Å²) < 4.78 is 4.98. The van der Waals surface area contributed by atoms with Crippen molar-refractivity contribution < 1.29 is 9.53 Å². The fourth-order valence-corrected chi connectivity index (χ4v) is 2.16. The first-order valence-corrected chi connectivity index (χ1v) is 6.91. The summed E-state index contributed by atoms with van der Waals surface area (Å²) in [7, 11) is 0. The molecule has 1 amide bonds. The number of anilines is 1. The highest BCUT2D eigenvalue weighted by Gasteiger charge is 2.22. The van der Waals surface area contributed by atoms with Crippen molar-refractivity contribution in [3.05, 3.63) is 22.2 Å². The van der Waals surface area contributed by atoms with Crippen LogP contribution in [0.2, 0.25) is 0 Å². The predicted molar refractivity (Wildman–Crippen MR) is 75.0 cm³/mol. The van der Waals surface area contributed by atoms with E-state index in [0.29, 0.717) is 50.8 Å².